The Bertz CT molecular complexity index is 895. The first-order valence-electron chi connectivity index (χ1n) is 11.7. The number of nitrogens with zero attached hydrogens (tertiary/aromatic N) is 4. The lowest BCUT2D eigenvalue weighted by atomic mass is 9.66. The standard InChI is InChI=1S/C25H35N5O2/c1-27-21(31)16-29-19-24(30(22(29)32)18-23(17-26)10-7-11-23)12-14-25(15-13-24,28(2)3)20-8-5-4-6-9-20/h4-6,8-9H,7,10-16,18-19H2,1-3H3,(H,27,31). The van der Waals surface area contributed by atoms with Crippen LogP contribution < -0.4 is 5.32 Å². The van der Waals surface area contributed by atoms with Gasteiger partial charge in [0.05, 0.1) is 17.0 Å². The molecule has 3 fully saturated rings. The number of urea groups is 1. The van der Waals surface area contributed by atoms with Crippen LogP contribution in [0.15, 0.2) is 30.3 Å². The molecule has 1 N–H and O–H groups in total. The summed E-state index contributed by atoms with van der Waals surface area (Å²) in [6, 6.07) is 13.1. The Kier molecular flexibility index (Phi) is 5.93. The van der Waals surface area contributed by atoms with Crippen molar-refractivity contribution in [3.05, 3.63) is 35.9 Å². The Morgan fingerprint density at radius 1 is 1.12 bits per heavy atom. The molecule has 2 aliphatic carbocycles. The zero-order valence-electron chi connectivity index (χ0n) is 19.6. The van der Waals surface area contributed by atoms with E-state index in [2.05, 4.69) is 54.6 Å². The largest absolute Gasteiger partial charge is 0.358 e. The summed E-state index contributed by atoms with van der Waals surface area (Å²) in [6.07, 6.45) is 6.33. The number of carbonyl (C=O) groups is 2. The van der Waals surface area contributed by atoms with Gasteiger partial charge in [0.1, 0.15) is 6.54 Å². The van der Waals surface area contributed by atoms with Crippen molar-refractivity contribution < 1.29 is 9.59 Å². The van der Waals surface area contributed by atoms with Crippen molar-refractivity contribution in [2.75, 3.05) is 40.8 Å². The van der Waals surface area contributed by atoms with Gasteiger partial charge in [-0.2, -0.15) is 5.26 Å². The van der Waals surface area contributed by atoms with Gasteiger partial charge in [0.15, 0.2) is 0 Å². The summed E-state index contributed by atoms with van der Waals surface area (Å²) >= 11 is 0. The number of likely N-dealkylation sites (N-methyl/N-ethyl adjacent to an activating group) is 1. The second-order valence-corrected chi connectivity index (χ2v) is 10.2. The first-order valence-corrected chi connectivity index (χ1v) is 11.7. The van der Waals surface area contributed by atoms with Crippen LogP contribution in [0.2, 0.25) is 0 Å². The molecule has 1 aromatic rings. The molecular formula is C25H35N5O2. The highest BCUT2D eigenvalue weighted by Gasteiger charge is 2.56. The van der Waals surface area contributed by atoms with E-state index in [9.17, 15) is 14.9 Å². The van der Waals surface area contributed by atoms with Crippen LogP contribution in [0.25, 0.3) is 0 Å². The van der Waals surface area contributed by atoms with Crippen molar-refractivity contribution in [1.29, 1.82) is 5.26 Å². The van der Waals surface area contributed by atoms with E-state index in [4.69, 9.17) is 0 Å². The average Bonchev–Trinajstić information content (AvgIpc) is 3.02. The van der Waals surface area contributed by atoms with Gasteiger partial charge in [-0.1, -0.05) is 36.8 Å². The van der Waals surface area contributed by atoms with Crippen molar-refractivity contribution >= 4 is 11.9 Å². The molecule has 0 unspecified atom stereocenters. The SMILES string of the molecule is CNC(=O)CN1CC2(CCC(c3ccccc3)(N(C)C)CC2)N(CC2(C#N)CCC2)C1=O. The molecular weight excluding hydrogens is 402 g/mol. The maximum absolute atomic E-state index is 13.5. The Balaban J connectivity index is 1.62. The summed E-state index contributed by atoms with van der Waals surface area (Å²) < 4.78 is 0. The van der Waals surface area contributed by atoms with Gasteiger partial charge >= 0.3 is 6.03 Å². The first-order chi connectivity index (χ1) is 15.3. The third kappa shape index (κ3) is 3.65. The van der Waals surface area contributed by atoms with Gasteiger partial charge < -0.3 is 15.1 Å². The fourth-order valence-corrected chi connectivity index (χ4v) is 6.00. The molecule has 1 aliphatic heterocycles. The summed E-state index contributed by atoms with van der Waals surface area (Å²) in [5.41, 5.74) is 0.490. The molecule has 0 radical (unpaired) electrons. The number of hydrogen-bond acceptors (Lipinski definition) is 4. The molecule has 0 atom stereocenters. The molecule has 32 heavy (non-hydrogen) atoms. The highest BCUT2D eigenvalue weighted by atomic mass is 16.2. The molecule has 0 bridgehead atoms. The molecule has 3 aliphatic rings. The summed E-state index contributed by atoms with van der Waals surface area (Å²) in [6.45, 7) is 1.11. The van der Waals surface area contributed by atoms with Crippen molar-refractivity contribution in [2.24, 2.45) is 5.41 Å². The van der Waals surface area contributed by atoms with Crippen molar-refractivity contribution in [3.63, 3.8) is 0 Å². The lowest BCUT2D eigenvalue weighted by Crippen LogP contribution is -2.57. The minimum Gasteiger partial charge on any atom is -0.358 e. The van der Waals surface area contributed by atoms with E-state index in [0.29, 0.717) is 13.1 Å². The Labute approximate surface area is 191 Å². The minimum atomic E-state index is -0.429. The maximum Gasteiger partial charge on any atom is 0.321 e. The molecule has 1 spiro atoms. The number of hydrogen-bond donors (Lipinski definition) is 1. The summed E-state index contributed by atoms with van der Waals surface area (Å²) in [5, 5.41) is 12.5. The summed E-state index contributed by atoms with van der Waals surface area (Å²) in [5.74, 6) is -0.156. The zero-order chi connectivity index (χ0) is 23.0. The first kappa shape index (κ1) is 22.6. The number of benzene rings is 1. The van der Waals surface area contributed by atoms with E-state index in [1.54, 1.807) is 11.9 Å². The number of carbonyl (C=O) groups excluding carboxylic acids is 2. The quantitative estimate of drug-likeness (QED) is 0.742. The predicted molar refractivity (Wildman–Crippen MR) is 123 cm³/mol. The molecule has 172 valence electrons. The molecule has 4 rings (SSSR count). The number of rotatable bonds is 6. The van der Waals surface area contributed by atoms with E-state index in [1.165, 1.54) is 5.56 Å². The van der Waals surface area contributed by atoms with Gasteiger partial charge in [-0.3, -0.25) is 9.69 Å². The van der Waals surface area contributed by atoms with Crippen LogP contribution in [0.1, 0.15) is 50.5 Å². The van der Waals surface area contributed by atoms with E-state index in [0.717, 1.165) is 44.9 Å². The molecule has 1 aromatic carbocycles. The van der Waals surface area contributed by atoms with E-state index in [1.807, 2.05) is 11.0 Å². The van der Waals surface area contributed by atoms with Gasteiger partial charge in [-0.05, 0) is 58.2 Å². The van der Waals surface area contributed by atoms with Gasteiger partial charge in [0.25, 0.3) is 0 Å². The molecule has 1 heterocycles. The van der Waals surface area contributed by atoms with Crippen LogP contribution in [0.3, 0.4) is 0 Å². The maximum atomic E-state index is 13.5. The fourth-order valence-electron chi connectivity index (χ4n) is 6.00. The van der Waals surface area contributed by atoms with Crippen LogP contribution in [0, 0.1) is 16.7 Å². The lowest BCUT2D eigenvalue weighted by Gasteiger charge is -2.52. The van der Waals surface area contributed by atoms with Gasteiger partial charge in [-0.25, -0.2) is 4.79 Å². The summed E-state index contributed by atoms with van der Waals surface area (Å²) in [4.78, 5) is 31.6. The highest BCUT2D eigenvalue weighted by Crippen LogP contribution is 2.51. The molecule has 0 aromatic heterocycles. The smallest absolute Gasteiger partial charge is 0.321 e. The Morgan fingerprint density at radius 2 is 1.78 bits per heavy atom. The van der Waals surface area contributed by atoms with E-state index in [-0.39, 0.29) is 29.6 Å². The van der Waals surface area contributed by atoms with Crippen LogP contribution in [0.5, 0.6) is 0 Å². The molecule has 7 nitrogen and oxygen atoms in total. The Hall–Kier alpha value is -2.59. The second-order valence-electron chi connectivity index (χ2n) is 10.2. The van der Waals surface area contributed by atoms with Gasteiger partial charge in [-0.15, -0.1) is 0 Å². The molecule has 1 saturated heterocycles. The third-order valence-corrected chi connectivity index (χ3v) is 8.36. The van der Waals surface area contributed by atoms with Crippen LogP contribution in [-0.4, -0.2) is 73.0 Å². The van der Waals surface area contributed by atoms with Crippen LogP contribution in [-0.2, 0) is 10.3 Å². The average molecular weight is 438 g/mol. The Morgan fingerprint density at radius 3 is 2.28 bits per heavy atom. The monoisotopic (exact) mass is 437 g/mol. The van der Waals surface area contributed by atoms with E-state index >= 15 is 0 Å². The fraction of sp³-hybridized carbons (Fsp3) is 0.640. The molecule has 7 heteroatoms. The third-order valence-electron chi connectivity index (χ3n) is 8.36. The minimum absolute atomic E-state index is 0.0706. The summed E-state index contributed by atoms with van der Waals surface area (Å²) in [7, 11) is 5.88. The number of nitrogens with one attached hydrogen (secondary N) is 1. The lowest BCUT2D eigenvalue weighted by molar-refractivity contribution is -0.121. The van der Waals surface area contributed by atoms with Crippen molar-refractivity contribution in [3.8, 4) is 6.07 Å². The van der Waals surface area contributed by atoms with Crippen molar-refractivity contribution in [2.45, 2.75) is 56.0 Å². The van der Waals surface area contributed by atoms with Crippen molar-refractivity contribution in [1.82, 2.24) is 20.0 Å². The predicted octanol–water partition coefficient (Wildman–Crippen LogP) is 2.93. The molecule has 3 amide bonds. The topological polar surface area (TPSA) is 79.7 Å². The van der Waals surface area contributed by atoms with Crippen LogP contribution in [0.4, 0.5) is 4.79 Å². The molecule has 2 saturated carbocycles. The van der Waals surface area contributed by atoms with Crippen LogP contribution >= 0.6 is 0 Å². The zero-order valence-corrected chi connectivity index (χ0v) is 19.6. The second kappa shape index (κ2) is 8.40. The number of amides is 3. The van der Waals surface area contributed by atoms with E-state index < -0.39 is 5.41 Å². The number of nitriles is 1. The highest BCUT2D eigenvalue weighted by molar-refractivity contribution is 5.85. The van der Waals surface area contributed by atoms with Gasteiger partial charge in [0.2, 0.25) is 5.91 Å². The normalized spacial score (nSPS) is 29.2. The van der Waals surface area contributed by atoms with Gasteiger partial charge in [0, 0.05) is 25.7 Å².